The molecule has 1 N–H and O–H groups in total. The molecule has 3 aromatic rings. The molecule has 3 rings (SSSR count). The molecule has 0 bridgehead atoms. The first-order valence-corrected chi connectivity index (χ1v) is 8.79. The SMILES string of the molecule is C=C(C)Cc1c(C)c(C#N)c2nc3ccccc3n2c1NCCCC. The molecule has 0 amide bonds. The lowest BCUT2D eigenvalue weighted by Crippen LogP contribution is -2.12. The van der Waals surface area contributed by atoms with Gasteiger partial charge in [0.1, 0.15) is 11.9 Å². The highest BCUT2D eigenvalue weighted by atomic mass is 15.1. The van der Waals surface area contributed by atoms with Gasteiger partial charge in [0.25, 0.3) is 0 Å². The fraction of sp³-hybridized carbons (Fsp3) is 0.333. The molecule has 0 unspecified atom stereocenters. The standard InChI is InChI=1S/C21H24N4/c1-5-6-11-23-20-16(12-14(2)3)15(4)17(13-22)21-24-18-9-7-8-10-19(18)25(20)21/h7-10,23H,2,5-6,11-12H2,1,3-4H3. The Morgan fingerprint density at radius 2 is 2.12 bits per heavy atom. The summed E-state index contributed by atoms with van der Waals surface area (Å²) in [5.41, 5.74) is 6.51. The number of nitrogens with one attached hydrogen (secondary N) is 1. The van der Waals surface area contributed by atoms with Gasteiger partial charge in [0.05, 0.1) is 16.6 Å². The van der Waals surface area contributed by atoms with E-state index in [1.807, 2.05) is 32.0 Å². The average Bonchev–Trinajstić information content (AvgIpc) is 2.96. The van der Waals surface area contributed by atoms with Crippen molar-refractivity contribution in [2.24, 2.45) is 0 Å². The number of nitrogens with zero attached hydrogens (tertiary/aromatic N) is 3. The van der Waals surface area contributed by atoms with Crippen molar-refractivity contribution in [1.29, 1.82) is 5.26 Å². The molecule has 0 spiro atoms. The van der Waals surface area contributed by atoms with Crippen LogP contribution in [0.25, 0.3) is 16.7 Å². The van der Waals surface area contributed by atoms with Gasteiger partial charge in [-0.2, -0.15) is 5.26 Å². The molecule has 4 nitrogen and oxygen atoms in total. The molecule has 128 valence electrons. The van der Waals surface area contributed by atoms with Gasteiger partial charge in [-0.25, -0.2) is 4.98 Å². The summed E-state index contributed by atoms with van der Waals surface area (Å²) in [5, 5.41) is 13.4. The van der Waals surface area contributed by atoms with Gasteiger partial charge in [-0.3, -0.25) is 4.40 Å². The van der Waals surface area contributed by atoms with E-state index in [0.717, 1.165) is 65.0 Å². The van der Waals surface area contributed by atoms with Crippen molar-refractivity contribution in [1.82, 2.24) is 9.38 Å². The second kappa shape index (κ2) is 6.98. The zero-order chi connectivity index (χ0) is 18.0. The minimum absolute atomic E-state index is 0.647. The summed E-state index contributed by atoms with van der Waals surface area (Å²) in [6, 6.07) is 10.4. The molecule has 25 heavy (non-hydrogen) atoms. The highest BCUT2D eigenvalue weighted by Crippen LogP contribution is 2.32. The van der Waals surface area contributed by atoms with Crippen molar-refractivity contribution >= 4 is 22.5 Å². The Labute approximate surface area is 148 Å². The van der Waals surface area contributed by atoms with E-state index in [4.69, 9.17) is 4.98 Å². The Kier molecular flexibility index (Phi) is 4.76. The molecule has 2 heterocycles. The fourth-order valence-corrected chi connectivity index (χ4v) is 3.27. The van der Waals surface area contributed by atoms with Crippen LogP contribution in [0.4, 0.5) is 5.82 Å². The number of pyridine rings is 1. The number of imidazole rings is 1. The van der Waals surface area contributed by atoms with Crippen molar-refractivity contribution in [3.8, 4) is 6.07 Å². The van der Waals surface area contributed by atoms with Crippen LogP contribution >= 0.6 is 0 Å². The van der Waals surface area contributed by atoms with Crippen LogP contribution in [-0.2, 0) is 6.42 Å². The molecule has 0 atom stereocenters. The first-order valence-electron chi connectivity index (χ1n) is 8.79. The van der Waals surface area contributed by atoms with Crippen molar-refractivity contribution in [2.45, 2.75) is 40.0 Å². The average molecular weight is 332 g/mol. The predicted octanol–water partition coefficient (Wildman–Crippen LogP) is 5.00. The van der Waals surface area contributed by atoms with Crippen molar-refractivity contribution in [3.05, 3.63) is 53.1 Å². The van der Waals surface area contributed by atoms with Gasteiger partial charge in [0.2, 0.25) is 0 Å². The van der Waals surface area contributed by atoms with Crippen LogP contribution in [0.5, 0.6) is 0 Å². The number of anilines is 1. The minimum atomic E-state index is 0.647. The third kappa shape index (κ3) is 2.98. The van der Waals surface area contributed by atoms with Gasteiger partial charge in [-0.15, -0.1) is 0 Å². The normalized spacial score (nSPS) is 11.0. The maximum Gasteiger partial charge on any atom is 0.157 e. The summed E-state index contributed by atoms with van der Waals surface area (Å²) < 4.78 is 2.11. The summed E-state index contributed by atoms with van der Waals surface area (Å²) in [7, 11) is 0. The smallest absolute Gasteiger partial charge is 0.157 e. The highest BCUT2D eigenvalue weighted by Gasteiger charge is 2.20. The third-order valence-corrected chi connectivity index (χ3v) is 4.53. The lowest BCUT2D eigenvalue weighted by atomic mass is 9.99. The van der Waals surface area contributed by atoms with E-state index in [1.54, 1.807) is 0 Å². The van der Waals surface area contributed by atoms with Crippen LogP contribution in [0.1, 0.15) is 43.4 Å². The Bertz CT molecular complexity index is 989. The Morgan fingerprint density at radius 3 is 2.80 bits per heavy atom. The molecule has 4 heteroatoms. The van der Waals surface area contributed by atoms with E-state index in [-0.39, 0.29) is 0 Å². The molecule has 0 aliphatic rings. The van der Waals surface area contributed by atoms with Gasteiger partial charge in [0.15, 0.2) is 5.65 Å². The molecule has 0 aliphatic heterocycles. The van der Waals surface area contributed by atoms with E-state index in [2.05, 4.69) is 35.4 Å². The Hall–Kier alpha value is -2.80. The topological polar surface area (TPSA) is 53.1 Å². The fourth-order valence-electron chi connectivity index (χ4n) is 3.27. The van der Waals surface area contributed by atoms with Crippen molar-refractivity contribution in [3.63, 3.8) is 0 Å². The summed E-state index contributed by atoms with van der Waals surface area (Å²) >= 11 is 0. The molecular formula is C21H24N4. The molecule has 0 radical (unpaired) electrons. The number of hydrogen-bond acceptors (Lipinski definition) is 3. The number of aromatic nitrogens is 2. The van der Waals surface area contributed by atoms with Crippen LogP contribution in [-0.4, -0.2) is 15.9 Å². The number of rotatable bonds is 6. The number of benzene rings is 1. The van der Waals surface area contributed by atoms with Crippen LogP contribution in [0, 0.1) is 18.3 Å². The first kappa shape index (κ1) is 17.0. The second-order valence-electron chi connectivity index (χ2n) is 6.61. The first-order chi connectivity index (χ1) is 12.1. The molecule has 2 aromatic heterocycles. The van der Waals surface area contributed by atoms with E-state index in [1.165, 1.54) is 0 Å². The number of fused-ring (bicyclic) bond motifs is 3. The molecule has 0 saturated carbocycles. The van der Waals surface area contributed by atoms with Crippen LogP contribution in [0.15, 0.2) is 36.4 Å². The molecular weight excluding hydrogens is 308 g/mol. The number of para-hydroxylation sites is 2. The number of hydrogen-bond donors (Lipinski definition) is 1. The van der Waals surface area contributed by atoms with Crippen molar-refractivity contribution in [2.75, 3.05) is 11.9 Å². The molecule has 0 saturated heterocycles. The Balaban J connectivity index is 2.39. The van der Waals surface area contributed by atoms with E-state index >= 15 is 0 Å². The number of nitriles is 1. The summed E-state index contributed by atoms with van der Waals surface area (Å²) in [5.74, 6) is 1.04. The van der Waals surface area contributed by atoms with Gasteiger partial charge in [-0.05, 0) is 44.4 Å². The van der Waals surface area contributed by atoms with Gasteiger partial charge in [-0.1, -0.05) is 37.6 Å². The van der Waals surface area contributed by atoms with Crippen LogP contribution in [0.2, 0.25) is 0 Å². The van der Waals surface area contributed by atoms with Crippen molar-refractivity contribution < 1.29 is 0 Å². The number of allylic oxidation sites excluding steroid dienone is 1. The lowest BCUT2D eigenvalue weighted by Gasteiger charge is -2.19. The largest absolute Gasteiger partial charge is 0.371 e. The van der Waals surface area contributed by atoms with E-state index in [0.29, 0.717) is 5.56 Å². The summed E-state index contributed by atoms with van der Waals surface area (Å²) in [6.45, 7) is 11.2. The highest BCUT2D eigenvalue weighted by molar-refractivity contribution is 5.86. The van der Waals surface area contributed by atoms with Gasteiger partial charge < -0.3 is 5.32 Å². The zero-order valence-corrected chi connectivity index (χ0v) is 15.2. The van der Waals surface area contributed by atoms with Crippen LogP contribution in [0.3, 0.4) is 0 Å². The lowest BCUT2D eigenvalue weighted by molar-refractivity contribution is 0.827. The third-order valence-electron chi connectivity index (χ3n) is 4.53. The van der Waals surface area contributed by atoms with Gasteiger partial charge >= 0.3 is 0 Å². The molecule has 0 fully saturated rings. The summed E-state index contributed by atoms with van der Waals surface area (Å²) in [4.78, 5) is 4.73. The predicted molar refractivity (Wildman–Crippen MR) is 104 cm³/mol. The van der Waals surface area contributed by atoms with E-state index < -0.39 is 0 Å². The summed E-state index contributed by atoms with van der Waals surface area (Å²) in [6.07, 6.45) is 2.98. The number of unbranched alkanes of at least 4 members (excludes halogenated alkanes) is 1. The van der Waals surface area contributed by atoms with E-state index in [9.17, 15) is 5.26 Å². The zero-order valence-electron chi connectivity index (χ0n) is 15.2. The second-order valence-corrected chi connectivity index (χ2v) is 6.61. The quantitative estimate of drug-likeness (QED) is 0.510. The van der Waals surface area contributed by atoms with Crippen LogP contribution < -0.4 is 5.32 Å². The maximum atomic E-state index is 9.76. The minimum Gasteiger partial charge on any atom is -0.371 e. The molecule has 1 aromatic carbocycles. The molecule has 0 aliphatic carbocycles. The monoisotopic (exact) mass is 332 g/mol. The van der Waals surface area contributed by atoms with Gasteiger partial charge in [0, 0.05) is 12.1 Å². The maximum absolute atomic E-state index is 9.76. The Morgan fingerprint density at radius 1 is 1.36 bits per heavy atom.